The molecule has 1 atom stereocenters. The molecule has 0 aliphatic carbocycles. The molecule has 0 aromatic heterocycles. The predicted octanol–water partition coefficient (Wildman–Crippen LogP) is 1.06. The van der Waals surface area contributed by atoms with E-state index in [1.54, 1.807) is 6.92 Å². The fraction of sp³-hybridized carbons (Fsp3) is 0.857. The maximum absolute atomic E-state index is 10.4. The monoisotopic (exact) mass is 210 g/mol. The predicted molar refractivity (Wildman–Crippen MR) is 47.6 cm³/mol. The molecule has 6 heteroatoms. The van der Waals surface area contributed by atoms with Crippen molar-refractivity contribution < 1.29 is 24.3 Å². The van der Waals surface area contributed by atoms with Crippen molar-refractivity contribution in [1.82, 2.24) is 0 Å². The van der Waals surface area contributed by atoms with Crippen LogP contribution >= 0.6 is 7.60 Å². The summed E-state index contributed by atoms with van der Waals surface area (Å²) in [7, 11) is -3.90. The lowest BCUT2D eigenvalue weighted by Crippen LogP contribution is -2.04. The zero-order valence-electron chi connectivity index (χ0n) is 7.51. The van der Waals surface area contributed by atoms with Crippen LogP contribution in [0.1, 0.15) is 26.2 Å². The second kappa shape index (κ2) is 5.37. The van der Waals surface area contributed by atoms with E-state index in [9.17, 15) is 9.36 Å². The van der Waals surface area contributed by atoms with Gasteiger partial charge in [0.05, 0.1) is 0 Å². The van der Waals surface area contributed by atoms with Crippen molar-refractivity contribution in [3.05, 3.63) is 0 Å². The fourth-order valence-corrected chi connectivity index (χ4v) is 1.64. The number of carboxylic acids is 1. The summed E-state index contributed by atoms with van der Waals surface area (Å²) in [5, 5.41) is 8.39. The van der Waals surface area contributed by atoms with Crippen LogP contribution in [0.4, 0.5) is 0 Å². The Balaban J connectivity index is 3.54. The van der Waals surface area contributed by atoms with Crippen LogP contribution in [0, 0.1) is 5.92 Å². The summed E-state index contributed by atoms with van der Waals surface area (Å²) < 4.78 is 10.4. The van der Waals surface area contributed by atoms with Gasteiger partial charge in [0.1, 0.15) is 0 Å². The van der Waals surface area contributed by atoms with E-state index in [1.165, 1.54) is 0 Å². The molecule has 5 nitrogen and oxygen atoms in total. The van der Waals surface area contributed by atoms with Gasteiger partial charge in [-0.15, -0.1) is 0 Å². The first-order valence-electron chi connectivity index (χ1n) is 4.07. The fourth-order valence-electron chi connectivity index (χ4n) is 1.05. The van der Waals surface area contributed by atoms with Gasteiger partial charge in [0, 0.05) is 12.6 Å². The zero-order chi connectivity index (χ0) is 10.5. The van der Waals surface area contributed by atoms with Gasteiger partial charge in [-0.3, -0.25) is 9.36 Å². The van der Waals surface area contributed by atoms with E-state index >= 15 is 0 Å². The van der Waals surface area contributed by atoms with Crippen molar-refractivity contribution in [3.63, 3.8) is 0 Å². The molecule has 3 N–H and O–H groups in total. The number of rotatable bonds is 6. The smallest absolute Gasteiger partial charge is 0.325 e. The summed E-state index contributed by atoms with van der Waals surface area (Å²) in [5.41, 5.74) is 0. The highest BCUT2D eigenvalue weighted by Gasteiger charge is 2.14. The number of carboxylic acid groups (broad SMARTS) is 1. The minimum Gasteiger partial charge on any atom is -0.481 e. The van der Waals surface area contributed by atoms with E-state index in [4.69, 9.17) is 14.9 Å². The lowest BCUT2D eigenvalue weighted by atomic mass is 10.0. The van der Waals surface area contributed by atoms with Gasteiger partial charge in [-0.25, -0.2) is 0 Å². The first kappa shape index (κ1) is 12.6. The van der Waals surface area contributed by atoms with E-state index in [0.717, 1.165) is 0 Å². The highest BCUT2D eigenvalue weighted by Crippen LogP contribution is 2.35. The molecule has 0 rings (SSSR count). The quantitative estimate of drug-likeness (QED) is 0.569. The van der Waals surface area contributed by atoms with Gasteiger partial charge in [0.2, 0.25) is 0 Å². The van der Waals surface area contributed by atoms with Crippen molar-refractivity contribution >= 4 is 13.6 Å². The van der Waals surface area contributed by atoms with Gasteiger partial charge in [-0.05, 0) is 18.8 Å². The largest absolute Gasteiger partial charge is 0.481 e. The molecule has 0 heterocycles. The third-order valence-corrected chi connectivity index (χ3v) is 2.57. The molecule has 0 spiro atoms. The molecular formula is C7H15O5P. The highest BCUT2D eigenvalue weighted by atomic mass is 31.2. The van der Waals surface area contributed by atoms with Crippen molar-refractivity contribution in [2.45, 2.75) is 26.2 Å². The normalized spacial score (nSPS) is 14.1. The van der Waals surface area contributed by atoms with E-state index in [0.29, 0.717) is 12.8 Å². The molecule has 0 bridgehead atoms. The molecule has 0 amide bonds. The average Bonchev–Trinajstić information content (AvgIpc) is 1.81. The van der Waals surface area contributed by atoms with Gasteiger partial charge in [0.15, 0.2) is 0 Å². The summed E-state index contributed by atoms with van der Waals surface area (Å²) in [4.78, 5) is 27.2. The van der Waals surface area contributed by atoms with Crippen LogP contribution < -0.4 is 0 Å². The standard InChI is InChI=1S/C7H15O5P/c1-6(5-7(8)9)3-2-4-13(10,11)12/h6H,2-5H2,1H3,(H,8,9)(H2,10,11,12). The minimum absolute atomic E-state index is 0.0240. The lowest BCUT2D eigenvalue weighted by molar-refractivity contribution is -0.138. The molecule has 0 radical (unpaired) electrons. The minimum atomic E-state index is -3.90. The van der Waals surface area contributed by atoms with E-state index in [1.807, 2.05) is 0 Å². The first-order chi connectivity index (χ1) is 5.81. The maximum atomic E-state index is 10.4. The topological polar surface area (TPSA) is 94.8 Å². The molecule has 13 heavy (non-hydrogen) atoms. The van der Waals surface area contributed by atoms with E-state index < -0.39 is 13.6 Å². The van der Waals surface area contributed by atoms with Crippen LogP contribution in [0.2, 0.25) is 0 Å². The number of hydrogen-bond donors (Lipinski definition) is 3. The molecule has 0 aliphatic heterocycles. The van der Waals surface area contributed by atoms with Crippen LogP contribution in [-0.2, 0) is 9.36 Å². The maximum Gasteiger partial charge on any atom is 0.325 e. The van der Waals surface area contributed by atoms with E-state index in [2.05, 4.69) is 0 Å². The zero-order valence-corrected chi connectivity index (χ0v) is 8.41. The van der Waals surface area contributed by atoms with Gasteiger partial charge in [-0.1, -0.05) is 6.92 Å². The van der Waals surface area contributed by atoms with Crippen LogP contribution in [0.5, 0.6) is 0 Å². The number of carbonyl (C=O) groups is 1. The second-order valence-electron chi connectivity index (χ2n) is 3.23. The Bertz CT molecular complexity index is 209. The summed E-state index contributed by atoms with van der Waals surface area (Å²) in [5.74, 6) is -0.896. The molecule has 78 valence electrons. The van der Waals surface area contributed by atoms with Crippen molar-refractivity contribution in [3.8, 4) is 0 Å². The Morgan fingerprint density at radius 3 is 2.38 bits per heavy atom. The molecule has 0 saturated carbocycles. The first-order valence-corrected chi connectivity index (χ1v) is 5.87. The van der Waals surface area contributed by atoms with Gasteiger partial charge in [0.25, 0.3) is 0 Å². The molecule has 1 unspecified atom stereocenters. The van der Waals surface area contributed by atoms with Crippen LogP contribution in [-0.4, -0.2) is 27.0 Å². The number of aliphatic carboxylic acids is 1. The summed E-state index contributed by atoms with van der Waals surface area (Å²) in [6, 6.07) is 0. The molecule has 0 aliphatic rings. The van der Waals surface area contributed by atoms with Crippen molar-refractivity contribution in [1.29, 1.82) is 0 Å². The third-order valence-electron chi connectivity index (χ3n) is 1.67. The van der Waals surface area contributed by atoms with Crippen molar-refractivity contribution in [2.75, 3.05) is 6.16 Å². The molecule has 0 aromatic rings. The molecule has 0 saturated heterocycles. The van der Waals surface area contributed by atoms with Gasteiger partial charge >= 0.3 is 13.6 Å². The Labute approximate surface area is 76.9 Å². The Kier molecular flexibility index (Phi) is 5.21. The van der Waals surface area contributed by atoms with Crippen molar-refractivity contribution in [2.24, 2.45) is 5.92 Å². The SMILES string of the molecule is CC(CCCP(=O)(O)O)CC(=O)O. The number of hydrogen-bond acceptors (Lipinski definition) is 2. The Morgan fingerprint density at radius 2 is 2.00 bits per heavy atom. The second-order valence-corrected chi connectivity index (χ2v) is 5.01. The highest BCUT2D eigenvalue weighted by molar-refractivity contribution is 7.51. The lowest BCUT2D eigenvalue weighted by Gasteiger charge is -2.08. The molecule has 0 aromatic carbocycles. The summed E-state index contributed by atoms with van der Waals surface area (Å²) in [6.07, 6.45) is 0.814. The van der Waals surface area contributed by atoms with Crippen LogP contribution in [0.3, 0.4) is 0 Å². The summed E-state index contributed by atoms with van der Waals surface area (Å²) >= 11 is 0. The van der Waals surface area contributed by atoms with Gasteiger partial charge < -0.3 is 14.9 Å². The van der Waals surface area contributed by atoms with Crippen LogP contribution in [0.25, 0.3) is 0 Å². The molecule has 0 fully saturated rings. The van der Waals surface area contributed by atoms with Crippen LogP contribution in [0.15, 0.2) is 0 Å². The van der Waals surface area contributed by atoms with E-state index in [-0.39, 0.29) is 18.5 Å². The summed E-state index contributed by atoms with van der Waals surface area (Å²) in [6.45, 7) is 1.76. The third kappa shape index (κ3) is 9.53. The molecular weight excluding hydrogens is 195 g/mol. The Morgan fingerprint density at radius 1 is 1.46 bits per heavy atom. The van der Waals surface area contributed by atoms with Gasteiger partial charge in [-0.2, -0.15) is 0 Å². The average molecular weight is 210 g/mol. The Hall–Kier alpha value is -0.380.